The number of amides is 6. The lowest BCUT2D eigenvalue weighted by Gasteiger charge is -2.27. The van der Waals surface area contributed by atoms with Gasteiger partial charge in [0.15, 0.2) is 17.9 Å². The van der Waals surface area contributed by atoms with Gasteiger partial charge in [0.1, 0.15) is 30.2 Å². The van der Waals surface area contributed by atoms with E-state index in [1.54, 1.807) is 36.7 Å². The number of aromatic amines is 2. The number of nitrogens with zero attached hydrogens (tertiary/aromatic N) is 3. The van der Waals surface area contributed by atoms with Gasteiger partial charge < -0.3 is 82.4 Å². The fourth-order valence-electron chi connectivity index (χ4n) is 8.10. The number of H-pyrrole nitrogens is 2. The first kappa shape index (κ1) is 55.3. The van der Waals surface area contributed by atoms with Crippen LogP contribution in [0.3, 0.4) is 0 Å². The second-order valence-corrected chi connectivity index (χ2v) is 17.5. The highest BCUT2D eigenvalue weighted by atomic mass is 16.2. The van der Waals surface area contributed by atoms with Crippen LogP contribution in [-0.4, -0.2) is 119 Å². The summed E-state index contributed by atoms with van der Waals surface area (Å²) in [6.45, 7) is 0.426. The number of carbonyl (C=O) groups is 6. The Morgan fingerprint density at radius 3 is 1.25 bits per heavy atom. The third-order valence-corrected chi connectivity index (χ3v) is 11.9. The first-order valence-corrected chi connectivity index (χ1v) is 23.9. The van der Waals surface area contributed by atoms with E-state index in [0.29, 0.717) is 17.5 Å². The lowest BCUT2D eigenvalue weighted by atomic mass is 10.00. The maximum Gasteiger partial charge on any atom is 0.243 e. The Kier molecular flexibility index (Phi) is 20.9. The molecular formula is C49H68N18O6. The molecule has 0 bridgehead atoms. The summed E-state index contributed by atoms with van der Waals surface area (Å²) in [5.74, 6) is -4.90. The van der Waals surface area contributed by atoms with E-state index in [2.05, 4.69) is 51.5 Å². The summed E-state index contributed by atoms with van der Waals surface area (Å²) >= 11 is 0. The van der Waals surface area contributed by atoms with E-state index in [0.717, 1.165) is 27.4 Å². The summed E-state index contributed by atoms with van der Waals surface area (Å²) in [6.07, 6.45) is 4.39. The Morgan fingerprint density at radius 2 is 0.808 bits per heavy atom. The van der Waals surface area contributed by atoms with E-state index < -0.39 is 71.7 Å². The molecule has 24 nitrogen and oxygen atoms in total. The number of primary amides is 1. The zero-order valence-electron chi connectivity index (χ0n) is 40.5. The lowest BCUT2D eigenvalue weighted by molar-refractivity contribution is -0.135. The smallest absolute Gasteiger partial charge is 0.243 e. The Morgan fingerprint density at radius 1 is 0.438 bits per heavy atom. The first-order valence-electron chi connectivity index (χ1n) is 23.9. The molecule has 0 unspecified atom stereocenters. The number of nitrogens with one attached hydrogen (secondary N) is 7. The van der Waals surface area contributed by atoms with Crippen LogP contribution in [0.5, 0.6) is 0 Å². The van der Waals surface area contributed by atoms with Gasteiger partial charge in [-0.25, -0.2) is 0 Å². The van der Waals surface area contributed by atoms with Gasteiger partial charge in [-0.2, -0.15) is 0 Å². The number of guanidine groups is 3. The quantitative estimate of drug-likeness (QED) is 0.0141. The maximum atomic E-state index is 14.9. The molecule has 5 aromatic rings. The summed E-state index contributed by atoms with van der Waals surface area (Å²) in [7, 11) is 0. The van der Waals surface area contributed by atoms with Gasteiger partial charge in [-0.15, -0.1) is 0 Å². The minimum absolute atomic E-state index is 0.0315. The van der Waals surface area contributed by atoms with Gasteiger partial charge in [-0.3, -0.25) is 43.7 Å². The Bertz CT molecular complexity index is 2740. The number of benzene rings is 3. The predicted octanol–water partition coefficient (Wildman–Crippen LogP) is -1.93. The Hall–Kier alpha value is -8.67. The fraction of sp³-hybridized carbons (Fsp3) is 0.367. The van der Waals surface area contributed by atoms with Crippen molar-refractivity contribution in [2.75, 3.05) is 19.6 Å². The molecule has 0 aliphatic carbocycles. The maximum absolute atomic E-state index is 14.9. The minimum atomic E-state index is -1.37. The molecule has 2 aromatic heterocycles. The van der Waals surface area contributed by atoms with Crippen molar-refractivity contribution < 1.29 is 28.8 Å². The van der Waals surface area contributed by atoms with E-state index in [9.17, 15) is 28.8 Å². The molecule has 5 rings (SSSR count). The number of rotatable bonds is 29. The van der Waals surface area contributed by atoms with Crippen LogP contribution in [0.15, 0.2) is 106 Å². The van der Waals surface area contributed by atoms with Crippen LogP contribution in [0.1, 0.15) is 55.2 Å². The normalized spacial score (nSPS) is 13.5. The number of hydrogen-bond acceptors (Lipinski definition) is 10. The molecule has 73 heavy (non-hydrogen) atoms. The highest BCUT2D eigenvalue weighted by molar-refractivity contribution is 5.98. The Balaban J connectivity index is 1.46. The molecule has 0 saturated heterocycles. The zero-order chi connectivity index (χ0) is 52.9. The topological polar surface area (TPSA) is 439 Å². The van der Waals surface area contributed by atoms with Crippen LogP contribution >= 0.6 is 0 Å². The standard InChI is InChI=1S/C49H68N18O6/c50-33(15-8-20-58-47(52)53)42(69)63-36(18-9-21-59-48(54)55)43(70)64-37(19-10-22-60-49(56)57)44(71)66-40(25-30-27-62-35-17-7-5-14-32(30)35)46(73)67-39(24-29-26-61-34-16-6-4-13-31(29)34)45(72)65-38(41(51)68)23-28-11-2-1-3-12-28/h1-7,11-14,16-17,26-27,33,36-40,61-62H,8-10,15,18-25,50H2,(H2,51,68)(H,63,69)(H,64,70)(H,65,72)(H,66,71)(H,67,73)(H4,52,53,58)(H4,54,55,59)(H4,56,57,60)/t33-,36-,37-,38-,39-,40-/m0/s1. The van der Waals surface area contributed by atoms with Gasteiger partial charge in [0.2, 0.25) is 35.4 Å². The van der Waals surface area contributed by atoms with Crippen LogP contribution in [0.4, 0.5) is 0 Å². The fourth-order valence-corrected chi connectivity index (χ4v) is 8.10. The highest BCUT2D eigenvalue weighted by Crippen LogP contribution is 2.22. The molecule has 0 spiro atoms. The largest absolute Gasteiger partial charge is 0.370 e. The summed E-state index contributed by atoms with van der Waals surface area (Å²) < 4.78 is 0. The predicted molar refractivity (Wildman–Crippen MR) is 281 cm³/mol. The van der Waals surface area contributed by atoms with Crippen molar-refractivity contribution in [3.63, 3.8) is 0 Å². The van der Waals surface area contributed by atoms with Crippen molar-refractivity contribution in [3.8, 4) is 0 Å². The number of aliphatic imine (C=N–C) groups is 3. The highest BCUT2D eigenvalue weighted by Gasteiger charge is 2.34. The molecular weight excluding hydrogens is 937 g/mol. The van der Waals surface area contributed by atoms with E-state index in [1.807, 2.05) is 54.6 Å². The molecule has 0 aliphatic heterocycles. The van der Waals surface area contributed by atoms with Gasteiger partial charge in [0.25, 0.3) is 0 Å². The van der Waals surface area contributed by atoms with E-state index in [1.165, 1.54) is 0 Å². The van der Waals surface area contributed by atoms with Crippen LogP contribution in [0.2, 0.25) is 0 Å². The second kappa shape index (κ2) is 27.7. The van der Waals surface area contributed by atoms with Gasteiger partial charge in [0, 0.05) is 73.1 Å². The molecule has 390 valence electrons. The number of para-hydroxylation sites is 2. The first-order chi connectivity index (χ1) is 35.0. The number of nitrogens with two attached hydrogens (primary N) is 8. The van der Waals surface area contributed by atoms with Crippen molar-refractivity contribution in [1.29, 1.82) is 0 Å². The van der Waals surface area contributed by atoms with E-state index >= 15 is 0 Å². The number of fused-ring (bicyclic) bond motifs is 2. The molecule has 6 amide bonds. The van der Waals surface area contributed by atoms with Crippen LogP contribution in [-0.2, 0) is 48.0 Å². The van der Waals surface area contributed by atoms with Gasteiger partial charge in [-0.1, -0.05) is 66.7 Å². The third kappa shape index (κ3) is 17.6. The van der Waals surface area contributed by atoms with Crippen LogP contribution in [0.25, 0.3) is 21.8 Å². The average molecular weight is 1010 g/mol. The second-order valence-electron chi connectivity index (χ2n) is 17.5. The molecule has 0 radical (unpaired) electrons. The molecule has 0 fully saturated rings. The van der Waals surface area contributed by atoms with E-state index in [4.69, 9.17) is 45.9 Å². The summed E-state index contributed by atoms with van der Waals surface area (Å²) in [5.41, 5.74) is 48.7. The van der Waals surface area contributed by atoms with Crippen LogP contribution < -0.4 is 72.5 Å². The van der Waals surface area contributed by atoms with Gasteiger partial charge in [-0.05, 0) is 67.3 Å². The SMILES string of the molecule is NC(=O)[C@H](Cc1ccccc1)NC(=O)[C@H](Cc1c[nH]c2ccccc12)NC(=O)[C@H](Cc1c[nH]c2ccccc12)NC(=O)[C@H](CCCN=C(N)N)NC(=O)[C@H](CCCN=C(N)N)NC(=O)[C@@H](N)CCCN=C(N)N. The van der Waals surface area contributed by atoms with Gasteiger partial charge >= 0.3 is 0 Å². The zero-order valence-corrected chi connectivity index (χ0v) is 40.5. The summed E-state index contributed by atoms with van der Waals surface area (Å²) in [6, 6.07) is 16.4. The number of aromatic nitrogens is 2. The van der Waals surface area contributed by atoms with Crippen LogP contribution in [0, 0.1) is 0 Å². The minimum Gasteiger partial charge on any atom is -0.370 e. The molecule has 3 aromatic carbocycles. The lowest BCUT2D eigenvalue weighted by Crippen LogP contribution is -2.60. The molecule has 0 aliphatic rings. The van der Waals surface area contributed by atoms with Crippen molar-refractivity contribution >= 4 is 75.1 Å². The molecule has 24 heteroatoms. The molecule has 2 heterocycles. The molecule has 23 N–H and O–H groups in total. The summed E-state index contributed by atoms with van der Waals surface area (Å²) in [5, 5.41) is 15.5. The monoisotopic (exact) mass is 1000 g/mol. The number of hydrogen-bond donors (Lipinski definition) is 15. The third-order valence-electron chi connectivity index (χ3n) is 11.9. The Labute approximate surface area is 421 Å². The number of carbonyl (C=O) groups excluding carboxylic acids is 6. The van der Waals surface area contributed by atoms with Crippen molar-refractivity contribution in [1.82, 2.24) is 36.6 Å². The van der Waals surface area contributed by atoms with Crippen molar-refractivity contribution in [2.24, 2.45) is 60.8 Å². The van der Waals surface area contributed by atoms with Crippen molar-refractivity contribution in [3.05, 3.63) is 108 Å². The van der Waals surface area contributed by atoms with E-state index in [-0.39, 0.29) is 88.9 Å². The summed E-state index contributed by atoms with van der Waals surface area (Å²) in [4.78, 5) is 103. The molecule has 6 atom stereocenters. The molecule has 0 saturated carbocycles. The average Bonchev–Trinajstić information content (AvgIpc) is 3.97. The van der Waals surface area contributed by atoms with Crippen molar-refractivity contribution in [2.45, 2.75) is 94.0 Å². The van der Waals surface area contributed by atoms with Gasteiger partial charge in [0.05, 0.1) is 6.04 Å².